The molecule has 1 heterocycles. The van der Waals surface area contributed by atoms with Crippen molar-refractivity contribution in [3.05, 3.63) is 35.1 Å². The summed E-state index contributed by atoms with van der Waals surface area (Å²) in [5.41, 5.74) is -2.13. The summed E-state index contributed by atoms with van der Waals surface area (Å²) in [5, 5.41) is 12.7. The van der Waals surface area contributed by atoms with E-state index in [1.165, 1.54) is 11.0 Å². The molecule has 0 bridgehead atoms. The van der Waals surface area contributed by atoms with Crippen molar-refractivity contribution in [3.63, 3.8) is 0 Å². The van der Waals surface area contributed by atoms with Gasteiger partial charge in [-0.2, -0.15) is 13.2 Å². The smallest absolute Gasteiger partial charge is 0.419 e. The molecule has 1 saturated heterocycles. The van der Waals surface area contributed by atoms with Gasteiger partial charge in [0.15, 0.2) is 0 Å². The Hall–Kier alpha value is -1.83. The number of carboxylic acid groups (broad SMARTS) is 1. The Bertz CT molecular complexity index is 637. The molecule has 1 aliphatic carbocycles. The van der Waals surface area contributed by atoms with Gasteiger partial charge in [0.25, 0.3) is 0 Å². The number of halogens is 4. The fourth-order valence-electron chi connectivity index (χ4n) is 3.43. The molecule has 1 atom stereocenters. The molecule has 2 N–H and O–H groups in total. The van der Waals surface area contributed by atoms with Crippen molar-refractivity contribution in [1.82, 2.24) is 10.2 Å². The molecule has 2 aliphatic rings. The standard InChI is InChI=1S/C16H18F4N2O2/c17-13-4-3-10(8-12(13)16(18,19)20)15(5-6-15)22(14(23)24)9-11-2-1-7-21-11/h3-4,8,11,21H,1-2,5-7,9H2,(H,23,24)/t11-/m0/s1. The molecule has 24 heavy (non-hydrogen) atoms. The molecule has 0 aromatic heterocycles. The minimum absolute atomic E-state index is 0.00103. The SMILES string of the molecule is O=C(O)N(C[C@@H]1CCCN1)C1(c2ccc(F)c(C(F)(F)F)c2)CC1. The minimum Gasteiger partial charge on any atom is -0.465 e. The van der Waals surface area contributed by atoms with E-state index in [2.05, 4.69) is 5.32 Å². The summed E-state index contributed by atoms with van der Waals surface area (Å²) in [6.07, 6.45) is -3.32. The molecule has 132 valence electrons. The monoisotopic (exact) mass is 346 g/mol. The molecule has 0 spiro atoms. The number of rotatable bonds is 4. The van der Waals surface area contributed by atoms with Crippen LogP contribution in [0.25, 0.3) is 0 Å². The number of alkyl halides is 3. The lowest BCUT2D eigenvalue weighted by Crippen LogP contribution is -2.46. The third-order valence-corrected chi connectivity index (χ3v) is 4.85. The minimum atomic E-state index is -4.81. The highest BCUT2D eigenvalue weighted by Crippen LogP contribution is 2.52. The molecular formula is C16H18F4N2O2. The number of hydrogen-bond acceptors (Lipinski definition) is 2. The quantitative estimate of drug-likeness (QED) is 0.820. The first-order valence-electron chi connectivity index (χ1n) is 7.85. The Balaban J connectivity index is 1.92. The van der Waals surface area contributed by atoms with E-state index in [0.29, 0.717) is 12.8 Å². The van der Waals surface area contributed by atoms with Crippen molar-refractivity contribution in [2.75, 3.05) is 13.1 Å². The first-order valence-corrected chi connectivity index (χ1v) is 7.85. The van der Waals surface area contributed by atoms with Gasteiger partial charge >= 0.3 is 12.3 Å². The fourth-order valence-corrected chi connectivity index (χ4v) is 3.43. The topological polar surface area (TPSA) is 52.6 Å². The van der Waals surface area contributed by atoms with Crippen LogP contribution in [0.1, 0.15) is 36.8 Å². The van der Waals surface area contributed by atoms with Crippen molar-refractivity contribution in [2.24, 2.45) is 0 Å². The zero-order chi connectivity index (χ0) is 17.5. The van der Waals surface area contributed by atoms with Gasteiger partial charge in [0, 0.05) is 12.6 Å². The van der Waals surface area contributed by atoms with E-state index in [1.807, 2.05) is 0 Å². The van der Waals surface area contributed by atoms with Crippen molar-refractivity contribution < 1.29 is 27.5 Å². The maximum atomic E-state index is 13.5. The molecule has 1 aromatic carbocycles. The third kappa shape index (κ3) is 3.07. The van der Waals surface area contributed by atoms with Crippen molar-refractivity contribution >= 4 is 6.09 Å². The van der Waals surface area contributed by atoms with Crippen LogP contribution in [-0.4, -0.2) is 35.2 Å². The number of carbonyl (C=O) groups is 1. The normalized spacial score (nSPS) is 22.4. The zero-order valence-electron chi connectivity index (χ0n) is 12.9. The van der Waals surface area contributed by atoms with Crippen LogP contribution in [0.2, 0.25) is 0 Å². The second-order valence-corrected chi connectivity index (χ2v) is 6.41. The van der Waals surface area contributed by atoms with E-state index in [-0.39, 0.29) is 18.2 Å². The van der Waals surface area contributed by atoms with Gasteiger partial charge in [-0.05, 0) is 49.9 Å². The van der Waals surface area contributed by atoms with Crippen LogP contribution in [-0.2, 0) is 11.7 Å². The number of hydrogen-bond donors (Lipinski definition) is 2. The molecule has 1 amide bonds. The molecule has 3 rings (SSSR count). The molecule has 1 saturated carbocycles. The Morgan fingerprint density at radius 1 is 1.38 bits per heavy atom. The van der Waals surface area contributed by atoms with Gasteiger partial charge in [-0.3, -0.25) is 4.90 Å². The number of benzene rings is 1. The van der Waals surface area contributed by atoms with E-state index in [4.69, 9.17) is 0 Å². The molecule has 1 aromatic rings. The Labute approximate surface area is 136 Å². The Kier molecular flexibility index (Phi) is 4.19. The van der Waals surface area contributed by atoms with Crippen LogP contribution in [0.4, 0.5) is 22.4 Å². The van der Waals surface area contributed by atoms with Crippen molar-refractivity contribution in [1.29, 1.82) is 0 Å². The third-order valence-electron chi connectivity index (χ3n) is 4.85. The summed E-state index contributed by atoms with van der Waals surface area (Å²) in [4.78, 5) is 12.9. The number of nitrogens with zero attached hydrogens (tertiary/aromatic N) is 1. The predicted octanol–water partition coefficient (Wildman–Crippen LogP) is 3.57. The van der Waals surface area contributed by atoms with Gasteiger partial charge in [-0.1, -0.05) is 6.07 Å². The van der Waals surface area contributed by atoms with Crippen molar-refractivity contribution in [2.45, 2.75) is 43.4 Å². The highest BCUT2D eigenvalue weighted by atomic mass is 19.4. The fraction of sp³-hybridized carbons (Fsp3) is 0.562. The maximum absolute atomic E-state index is 13.5. The first kappa shape index (κ1) is 17.0. The predicted molar refractivity (Wildman–Crippen MR) is 78.1 cm³/mol. The molecule has 0 unspecified atom stereocenters. The van der Waals surface area contributed by atoms with Gasteiger partial charge in [0.2, 0.25) is 0 Å². The summed E-state index contributed by atoms with van der Waals surface area (Å²) < 4.78 is 52.3. The Morgan fingerprint density at radius 3 is 2.58 bits per heavy atom. The van der Waals surface area contributed by atoms with E-state index < -0.39 is 29.2 Å². The van der Waals surface area contributed by atoms with E-state index in [0.717, 1.165) is 31.5 Å². The lowest BCUT2D eigenvalue weighted by molar-refractivity contribution is -0.140. The van der Waals surface area contributed by atoms with E-state index in [9.17, 15) is 27.5 Å². The largest absolute Gasteiger partial charge is 0.465 e. The number of amides is 1. The molecule has 2 fully saturated rings. The average molecular weight is 346 g/mol. The maximum Gasteiger partial charge on any atom is 0.419 e. The molecule has 8 heteroatoms. The van der Waals surface area contributed by atoms with Gasteiger partial charge in [0.05, 0.1) is 11.1 Å². The summed E-state index contributed by atoms with van der Waals surface area (Å²) in [5.74, 6) is -1.35. The summed E-state index contributed by atoms with van der Waals surface area (Å²) in [6.45, 7) is 1.02. The van der Waals surface area contributed by atoms with Gasteiger partial charge in [-0.15, -0.1) is 0 Å². The van der Waals surface area contributed by atoms with Crippen LogP contribution in [0.3, 0.4) is 0 Å². The van der Waals surface area contributed by atoms with E-state index in [1.54, 1.807) is 0 Å². The zero-order valence-corrected chi connectivity index (χ0v) is 12.9. The second kappa shape index (κ2) is 5.91. The van der Waals surface area contributed by atoms with Crippen LogP contribution < -0.4 is 5.32 Å². The molecule has 0 radical (unpaired) electrons. The average Bonchev–Trinajstić information content (AvgIpc) is 3.12. The van der Waals surface area contributed by atoms with Crippen LogP contribution in [0, 0.1) is 5.82 Å². The van der Waals surface area contributed by atoms with E-state index >= 15 is 0 Å². The van der Waals surface area contributed by atoms with Gasteiger partial charge < -0.3 is 10.4 Å². The molecule has 4 nitrogen and oxygen atoms in total. The second-order valence-electron chi connectivity index (χ2n) is 6.41. The summed E-state index contributed by atoms with van der Waals surface area (Å²) in [6, 6.07) is 2.78. The first-order chi connectivity index (χ1) is 11.2. The van der Waals surface area contributed by atoms with Crippen LogP contribution in [0.5, 0.6) is 0 Å². The van der Waals surface area contributed by atoms with Crippen molar-refractivity contribution in [3.8, 4) is 0 Å². The lowest BCUT2D eigenvalue weighted by Gasteiger charge is -2.32. The van der Waals surface area contributed by atoms with Crippen LogP contribution in [0.15, 0.2) is 18.2 Å². The van der Waals surface area contributed by atoms with Gasteiger partial charge in [-0.25, -0.2) is 9.18 Å². The summed E-state index contributed by atoms with van der Waals surface area (Å²) in [7, 11) is 0. The highest BCUT2D eigenvalue weighted by Gasteiger charge is 2.53. The lowest BCUT2D eigenvalue weighted by atomic mass is 9.99. The summed E-state index contributed by atoms with van der Waals surface area (Å²) >= 11 is 0. The van der Waals surface area contributed by atoms with Gasteiger partial charge in [0.1, 0.15) is 5.82 Å². The Morgan fingerprint density at radius 2 is 2.08 bits per heavy atom. The molecular weight excluding hydrogens is 328 g/mol. The molecule has 1 aliphatic heterocycles. The number of nitrogens with one attached hydrogen (secondary N) is 1. The van der Waals surface area contributed by atoms with Crippen LogP contribution >= 0.6 is 0 Å². The highest BCUT2D eigenvalue weighted by molar-refractivity contribution is 5.68.